The quantitative estimate of drug-likeness (QED) is 0.679. The van der Waals surface area contributed by atoms with Gasteiger partial charge in [-0.15, -0.1) is 0 Å². The van der Waals surface area contributed by atoms with Crippen molar-refractivity contribution in [3.63, 3.8) is 0 Å². The van der Waals surface area contributed by atoms with Gasteiger partial charge >= 0.3 is 0 Å². The van der Waals surface area contributed by atoms with Gasteiger partial charge in [0.05, 0.1) is 14.6 Å². The van der Waals surface area contributed by atoms with Gasteiger partial charge in [0.25, 0.3) is 0 Å². The van der Waals surface area contributed by atoms with Gasteiger partial charge in [-0.05, 0) is 31.0 Å². The van der Waals surface area contributed by atoms with E-state index in [2.05, 4.69) is 4.36 Å². The van der Waals surface area contributed by atoms with Crippen LogP contribution >= 0.6 is 0 Å². The van der Waals surface area contributed by atoms with Crippen molar-refractivity contribution >= 4 is 9.73 Å². The smallest absolute Gasteiger partial charge is 0.0723 e. The molecule has 0 amide bonds. The van der Waals surface area contributed by atoms with Crippen molar-refractivity contribution in [2.75, 3.05) is 13.3 Å². The van der Waals surface area contributed by atoms with E-state index >= 15 is 0 Å². The number of aryl methyl sites for hydroxylation is 2. The average molecular weight is 197 g/mol. The van der Waals surface area contributed by atoms with Crippen LogP contribution in [-0.2, 0) is 9.73 Å². The first-order valence-electron chi connectivity index (χ1n) is 4.15. The molecule has 0 heterocycles. The van der Waals surface area contributed by atoms with Crippen molar-refractivity contribution < 1.29 is 4.21 Å². The summed E-state index contributed by atoms with van der Waals surface area (Å²) in [6.07, 6.45) is 1.68. The molecule has 0 N–H and O–H groups in total. The third-order valence-electron chi connectivity index (χ3n) is 2.10. The summed E-state index contributed by atoms with van der Waals surface area (Å²) in [4.78, 5) is 0.856. The first-order chi connectivity index (χ1) is 5.97. The number of rotatable bonds is 1. The van der Waals surface area contributed by atoms with Crippen molar-refractivity contribution in [3.05, 3.63) is 29.3 Å². The van der Waals surface area contributed by atoms with Gasteiger partial charge in [0.1, 0.15) is 0 Å². The molecule has 0 aromatic heterocycles. The Morgan fingerprint density at radius 3 is 2.46 bits per heavy atom. The fourth-order valence-corrected chi connectivity index (χ4v) is 2.48. The van der Waals surface area contributed by atoms with Gasteiger partial charge in [-0.1, -0.05) is 12.1 Å². The van der Waals surface area contributed by atoms with Crippen LogP contribution in [0, 0.1) is 13.8 Å². The van der Waals surface area contributed by atoms with Crippen LogP contribution in [0.1, 0.15) is 11.1 Å². The second-order valence-corrected chi connectivity index (χ2v) is 5.66. The highest BCUT2D eigenvalue weighted by molar-refractivity contribution is 7.93. The first-order valence-corrected chi connectivity index (χ1v) is 6.07. The molecule has 1 aromatic carbocycles. The largest absolute Gasteiger partial charge is 0.245 e. The lowest BCUT2D eigenvalue weighted by atomic mass is 10.2. The molecule has 0 saturated carbocycles. The molecule has 0 spiro atoms. The summed E-state index contributed by atoms with van der Waals surface area (Å²) < 4.78 is 15.9. The molecule has 1 rings (SSSR count). The molecule has 72 valence electrons. The number of hydrogen-bond donors (Lipinski definition) is 0. The molecular formula is C10H15NOS. The zero-order valence-corrected chi connectivity index (χ0v) is 9.31. The first kappa shape index (κ1) is 10.3. The number of nitrogens with zero attached hydrogens (tertiary/aromatic N) is 1. The Morgan fingerprint density at radius 1 is 1.31 bits per heavy atom. The highest BCUT2D eigenvalue weighted by Gasteiger charge is 2.07. The van der Waals surface area contributed by atoms with E-state index in [0.717, 1.165) is 16.0 Å². The maximum absolute atomic E-state index is 12.0. The Hall–Kier alpha value is -0.830. The minimum atomic E-state index is -2.18. The lowest BCUT2D eigenvalue weighted by molar-refractivity contribution is 0.679. The van der Waals surface area contributed by atoms with Gasteiger partial charge in [0.15, 0.2) is 0 Å². The molecule has 13 heavy (non-hydrogen) atoms. The summed E-state index contributed by atoms with van der Waals surface area (Å²) in [5.41, 5.74) is 2.17. The van der Waals surface area contributed by atoms with Crippen LogP contribution in [-0.4, -0.2) is 17.5 Å². The van der Waals surface area contributed by atoms with E-state index < -0.39 is 9.73 Å². The van der Waals surface area contributed by atoms with Crippen LogP contribution in [0.3, 0.4) is 0 Å². The number of hydrogen-bond acceptors (Lipinski definition) is 2. The molecule has 2 nitrogen and oxygen atoms in total. The van der Waals surface area contributed by atoms with Crippen molar-refractivity contribution in [2.45, 2.75) is 18.7 Å². The zero-order valence-electron chi connectivity index (χ0n) is 8.50. The van der Waals surface area contributed by atoms with Crippen LogP contribution < -0.4 is 0 Å². The van der Waals surface area contributed by atoms with Gasteiger partial charge in [-0.3, -0.25) is 0 Å². The number of benzene rings is 1. The van der Waals surface area contributed by atoms with Crippen LogP contribution in [0.5, 0.6) is 0 Å². The SMILES string of the molecule is CN=S(C)(=O)c1cc(C)ccc1C. The average Bonchev–Trinajstić information content (AvgIpc) is 2.09. The Kier molecular flexibility index (Phi) is 2.76. The molecule has 3 heteroatoms. The predicted molar refractivity (Wildman–Crippen MR) is 56.6 cm³/mol. The van der Waals surface area contributed by atoms with Crippen LogP contribution in [0.15, 0.2) is 27.5 Å². The molecule has 0 bridgehead atoms. The molecule has 0 saturated heterocycles. The topological polar surface area (TPSA) is 29.4 Å². The Bertz CT molecular complexity index is 429. The van der Waals surface area contributed by atoms with Crippen molar-refractivity contribution in [1.82, 2.24) is 0 Å². The minimum Gasteiger partial charge on any atom is -0.245 e. The third kappa shape index (κ3) is 2.10. The maximum Gasteiger partial charge on any atom is 0.0723 e. The predicted octanol–water partition coefficient (Wildman–Crippen LogP) is 2.39. The van der Waals surface area contributed by atoms with Crippen LogP contribution in [0.2, 0.25) is 0 Å². The molecule has 0 aliphatic heterocycles. The molecule has 0 radical (unpaired) electrons. The Balaban J connectivity index is 3.47. The minimum absolute atomic E-state index is 0.856. The van der Waals surface area contributed by atoms with Crippen LogP contribution in [0.25, 0.3) is 0 Å². The molecule has 0 aliphatic rings. The van der Waals surface area contributed by atoms with Crippen molar-refractivity contribution in [1.29, 1.82) is 0 Å². The maximum atomic E-state index is 12.0. The van der Waals surface area contributed by atoms with E-state index in [1.54, 1.807) is 13.3 Å². The summed E-state index contributed by atoms with van der Waals surface area (Å²) in [5.74, 6) is 0. The molecular weight excluding hydrogens is 182 g/mol. The Morgan fingerprint density at radius 2 is 1.92 bits per heavy atom. The summed E-state index contributed by atoms with van der Waals surface area (Å²) in [6.45, 7) is 3.96. The van der Waals surface area contributed by atoms with E-state index in [1.165, 1.54) is 0 Å². The zero-order chi connectivity index (χ0) is 10.1. The monoisotopic (exact) mass is 197 g/mol. The van der Waals surface area contributed by atoms with E-state index in [9.17, 15) is 4.21 Å². The fourth-order valence-electron chi connectivity index (χ4n) is 1.21. The van der Waals surface area contributed by atoms with Gasteiger partial charge < -0.3 is 0 Å². The van der Waals surface area contributed by atoms with E-state index in [0.29, 0.717) is 0 Å². The highest BCUT2D eigenvalue weighted by Crippen LogP contribution is 2.17. The van der Waals surface area contributed by atoms with Crippen molar-refractivity contribution in [2.24, 2.45) is 4.36 Å². The lowest BCUT2D eigenvalue weighted by Gasteiger charge is -2.07. The van der Waals surface area contributed by atoms with E-state index in [4.69, 9.17) is 0 Å². The summed E-state index contributed by atoms with van der Waals surface area (Å²) in [5, 5.41) is 0. The van der Waals surface area contributed by atoms with E-state index in [-0.39, 0.29) is 0 Å². The van der Waals surface area contributed by atoms with Gasteiger partial charge in [-0.25, -0.2) is 8.57 Å². The summed E-state index contributed by atoms with van der Waals surface area (Å²) in [6, 6.07) is 5.95. The Labute approximate surface area is 80.2 Å². The molecule has 1 unspecified atom stereocenters. The molecule has 1 aromatic rings. The van der Waals surface area contributed by atoms with Crippen LogP contribution in [0.4, 0.5) is 0 Å². The fraction of sp³-hybridized carbons (Fsp3) is 0.400. The lowest BCUT2D eigenvalue weighted by Crippen LogP contribution is -2.00. The van der Waals surface area contributed by atoms with Gasteiger partial charge in [0.2, 0.25) is 0 Å². The molecule has 0 aliphatic carbocycles. The highest BCUT2D eigenvalue weighted by atomic mass is 32.2. The third-order valence-corrected chi connectivity index (χ3v) is 4.05. The summed E-state index contributed by atoms with van der Waals surface area (Å²) in [7, 11) is -0.575. The molecule has 1 atom stereocenters. The second kappa shape index (κ2) is 3.50. The standard InChI is InChI=1S/C10H15NOS/c1-8-5-6-9(2)10(7-8)13(4,12)11-3/h5-7H,1-4H3. The normalized spacial score (nSPS) is 15.1. The van der Waals surface area contributed by atoms with Gasteiger partial charge in [-0.2, -0.15) is 0 Å². The second-order valence-electron chi connectivity index (χ2n) is 3.25. The van der Waals surface area contributed by atoms with Crippen molar-refractivity contribution in [3.8, 4) is 0 Å². The summed E-state index contributed by atoms with van der Waals surface area (Å²) >= 11 is 0. The van der Waals surface area contributed by atoms with Gasteiger partial charge in [0, 0.05) is 13.3 Å². The van der Waals surface area contributed by atoms with E-state index in [1.807, 2.05) is 32.0 Å². The molecule has 0 fully saturated rings.